The molecule has 1 aromatic heterocycles. The maximum atomic E-state index is 12.1. The summed E-state index contributed by atoms with van der Waals surface area (Å²) in [6, 6.07) is 5.49. The van der Waals surface area contributed by atoms with Crippen molar-refractivity contribution in [3.8, 4) is 0 Å². The topological polar surface area (TPSA) is 55.1 Å². The van der Waals surface area contributed by atoms with Gasteiger partial charge in [0.15, 0.2) is 0 Å². The predicted octanol–water partition coefficient (Wildman–Crippen LogP) is 4.06. The Balaban J connectivity index is 2.15. The highest BCUT2D eigenvalue weighted by Gasteiger charge is 2.15. The molecule has 0 unspecified atom stereocenters. The van der Waals surface area contributed by atoms with Crippen LogP contribution in [0.3, 0.4) is 0 Å². The molecule has 2 rings (SSSR count). The molecule has 0 fully saturated rings. The van der Waals surface area contributed by atoms with Crippen molar-refractivity contribution in [3.63, 3.8) is 0 Å². The van der Waals surface area contributed by atoms with Crippen LogP contribution in [0.1, 0.15) is 35.9 Å². The van der Waals surface area contributed by atoms with Gasteiger partial charge in [-0.15, -0.1) is 11.3 Å². The molecule has 0 bridgehead atoms. The summed E-state index contributed by atoms with van der Waals surface area (Å²) in [4.78, 5) is 12.6. The standard InChI is InChI=1S/C14H17ClN2OS/c1-2-3-4-7-17-14(18)13-12(16)10-6-5-9(15)8-11(10)19-13/h5-6,8H,2-4,7,16H2,1H3,(H,17,18). The van der Waals surface area contributed by atoms with E-state index in [0.717, 1.165) is 29.3 Å². The molecule has 0 saturated carbocycles. The van der Waals surface area contributed by atoms with Crippen molar-refractivity contribution in [2.75, 3.05) is 12.3 Å². The van der Waals surface area contributed by atoms with Crippen LogP contribution in [0.15, 0.2) is 18.2 Å². The zero-order valence-corrected chi connectivity index (χ0v) is 12.4. The van der Waals surface area contributed by atoms with E-state index in [1.165, 1.54) is 11.3 Å². The lowest BCUT2D eigenvalue weighted by molar-refractivity contribution is 0.0958. The molecular weight excluding hydrogens is 280 g/mol. The van der Waals surface area contributed by atoms with Gasteiger partial charge in [0.25, 0.3) is 5.91 Å². The number of halogens is 1. The highest BCUT2D eigenvalue weighted by Crippen LogP contribution is 2.35. The first-order valence-corrected chi connectivity index (χ1v) is 7.58. The van der Waals surface area contributed by atoms with Gasteiger partial charge in [-0.2, -0.15) is 0 Å². The van der Waals surface area contributed by atoms with Crippen LogP contribution in [-0.2, 0) is 0 Å². The van der Waals surface area contributed by atoms with E-state index in [9.17, 15) is 4.79 Å². The second kappa shape index (κ2) is 6.26. The van der Waals surface area contributed by atoms with Gasteiger partial charge in [-0.25, -0.2) is 0 Å². The van der Waals surface area contributed by atoms with Gasteiger partial charge in [0.05, 0.1) is 5.69 Å². The van der Waals surface area contributed by atoms with Crippen LogP contribution in [0.4, 0.5) is 5.69 Å². The SMILES string of the molecule is CCCCCNC(=O)c1sc2cc(Cl)ccc2c1N. The smallest absolute Gasteiger partial charge is 0.263 e. The number of fused-ring (bicyclic) bond motifs is 1. The zero-order chi connectivity index (χ0) is 13.8. The van der Waals surface area contributed by atoms with Crippen molar-refractivity contribution in [2.24, 2.45) is 0 Å². The summed E-state index contributed by atoms with van der Waals surface area (Å²) >= 11 is 7.33. The predicted molar refractivity (Wildman–Crippen MR) is 83.1 cm³/mol. The summed E-state index contributed by atoms with van der Waals surface area (Å²) in [6.07, 6.45) is 3.26. The van der Waals surface area contributed by atoms with E-state index in [1.54, 1.807) is 6.07 Å². The first-order chi connectivity index (χ1) is 9.13. The molecule has 19 heavy (non-hydrogen) atoms. The average molecular weight is 297 g/mol. The maximum absolute atomic E-state index is 12.1. The van der Waals surface area contributed by atoms with Gasteiger partial charge in [0.2, 0.25) is 0 Å². The molecule has 0 spiro atoms. The van der Waals surface area contributed by atoms with Crippen molar-refractivity contribution >= 4 is 44.6 Å². The largest absolute Gasteiger partial charge is 0.397 e. The van der Waals surface area contributed by atoms with E-state index in [4.69, 9.17) is 17.3 Å². The third-order valence-electron chi connectivity index (χ3n) is 2.96. The van der Waals surface area contributed by atoms with Crippen LogP contribution >= 0.6 is 22.9 Å². The Morgan fingerprint density at radius 1 is 1.42 bits per heavy atom. The van der Waals surface area contributed by atoms with E-state index in [2.05, 4.69) is 12.2 Å². The summed E-state index contributed by atoms with van der Waals surface area (Å²) in [7, 11) is 0. The van der Waals surface area contributed by atoms with Crippen molar-refractivity contribution in [2.45, 2.75) is 26.2 Å². The molecule has 2 aromatic rings. The molecule has 1 heterocycles. The monoisotopic (exact) mass is 296 g/mol. The maximum Gasteiger partial charge on any atom is 0.263 e. The fourth-order valence-corrected chi connectivity index (χ4v) is 3.23. The van der Waals surface area contributed by atoms with Gasteiger partial charge in [-0.1, -0.05) is 31.4 Å². The minimum atomic E-state index is -0.0917. The number of thiophene rings is 1. The Labute approximate surface area is 121 Å². The number of nitrogen functional groups attached to an aromatic ring is 1. The number of nitrogens with one attached hydrogen (secondary N) is 1. The van der Waals surface area contributed by atoms with E-state index in [1.807, 2.05) is 12.1 Å². The van der Waals surface area contributed by atoms with Crippen molar-refractivity contribution in [3.05, 3.63) is 28.1 Å². The van der Waals surface area contributed by atoms with Crippen LogP contribution in [0.5, 0.6) is 0 Å². The molecule has 0 aliphatic carbocycles. The van der Waals surface area contributed by atoms with Crippen LogP contribution in [0.25, 0.3) is 10.1 Å². The molecule has 0 atom stereocenters. The molecule has 102 valence electrons. The number of rotatable bonds is 5. The zero-order valence-electron chi connectivity index (χ0n) is 10.8. The molecule has 5 heteroatoms. The lowest BCUT2D eigenvalue weighted by Crippen LogP contribution is -2.24. The lowest BCUT2D eigenvalue weighted by atomic mass is 10.2. The number of benzene rings is 1. The summed E-state index contributed by atoms with van der Waals surface area (Å²) in [6.45, 7) is 2.83. The van der Waals surface area contributed by atoms with E-state index in [0.29, 0.717) is 22.1 Å². The second-order valence-corrected chi connectivity index (χ2v) is 5.94. The Bertz CT molecular complexity index is 594. The summed E-state index contributed by atoms with van der Waals surface area (Å²) in [5.74, 6) is -0.0917. The van der Waals surface area contributed by atoms with Gasteiger partial charge in [-0.3, -0.25) is 4.79 Å². The fraction of sp³-hybridized carbons (Fsp3) is 0.357. The van der Waals surface area contributed by atoms with Crippen LogP contribution in [0.2, 0.25) is 5.02 Å². The van der Waals surface area contributed by atoms with Crippen LogP contribution in [0, 0.1) is 0 Å². The third-order valence-corrected chi connectivity index (χ3v) is 4.36. The average Bonchev–Trinajstić information content (AvgIpc) is 2.71. The number of amides is 1. The highest BCUT2D eigenvalue weighted by molar-refractivity contribution is 7.21. The quantitative estimate of drug-likeness (QED) is 0.818. The normalized spacial score (nSPS) is 10.8. The highest BCUT2D eigenvalue weighted by atomic mass is 35.5. The van der Waals surface area contributed by atoms with Crippen molar-refractivity contribution in [1.29, 1.82) is 0 Å². The lowest BCUT2D eigenvalue weighted by Gasteiger charge is -2.03. The van der Waals surface area contributed by atoms with Crippen molar-refractivity contribution < 1.29 is 4.79 Å². The first kappa shape index (κ1) is 14.2. The van der Waals surface area contributed by atoms with Gasteiger partial charge < -0.3 is 11.1 Å². The summed E-state index contributed by atoms with van der Waals surface area (Å²) < 4.78 is 0.948. The Hall–Kier alpha value is -1.26. The molecule has 1 amide bonds. The third kappa shape index (κ3) is 3.19. The number of carbonyl (C=O) groups is 1. The fourth-order valence-electron chi connectivity index (χ4n) is 1.92. The van der Waals surface area contributed by atoms with Gasteiger partial charge in [0.1, 0.15) is 4.88 Å². The molecule has 3 N–H and O–H groups in total. The number of nitrogens with two attached hydrogens (primary N) is 1. The number of carbonyl (C=O) groups excluding carboxylic acids is 1. The van der Waals surface area contributed by atoms with E-state index < -0.39 is 0 Å². The first-order valence-electron chi connectivity index (χ1n) is 6.39. The molecular formula is C14H17ClN2OS. The summed E-state index contributed by atoms with van der Waals surface area (Å²) in [5, 5.41) is 4.46. The number of hydrogen-bond donors (Lipinski definition) is 2. The molecule has 1 aromatic carbocycles. The van der Waals surface area contributed by atoms with Gasteiger partial charge >= 0.3 is 0 Å². The molecule has 0 aliphatic rings. The van der Waals surface area contributed by atoms with Crippen LogP contribution in [-0.4, -0.2) is 12.5 Å². The van der Waals surface area contributed by atoms with E-state index in [-0.39, 0.29) is 5.91 Å². The molecule has 3 nitrogen and oxygen atoms in total. The second-order valence-electron chi connectivity index (χ2n) is 4.45. The van der Waals surface area contributed by atoms with Crippen LogP contribution < -0.4 is 11.1 Å². The summed E-state index contributed by atoms with van der Waals surface area (Å²) in [5.41, 5.74) is 6.57. The van der Waals surface area contributed by atoms with Crippen molar-refractivity contribution in [1.82, 2.24) is 5.32 Å². The van der Waals surface area contributed by atoms with Gasteiger partial charge in [0, 0.05) is 21.7 Å². The number of hydrogen-bond acceptors (Lipinski definition) is 3. The minimum Gasteiger partial charge on any atom is -0.397 e. The number of anilines is 1. The molecule has 0 saturated heterocycles. The number of unbranched alkanes of at least 4 members (excludes halogenated alkanes) is 2. The van der Waals surface area contributed by atoms with Gasteiger partial charge in [-0.05, 0) is 24.6 Å². The molecule has 0 aliphatic heterocycles. The Morgan fingerprint density at radius 2 is 2.21 bits per heavy atom. The minimum absolute atomic E-state index is 0.0917. The van der Waals surface area contributed by atoms with E-state index >= 15 is 0 Å². The Kier molecular flexibility index (Phi) is 4.66. The molecule has 0 radical (unpaired) electrons. The Morgan fingerprint density at radius 3 is 2.95 bits per heavy atom.